The van der Waals surface area contributed by atoms with E-state index < -0.39 is 0 Å². The molecule has 1 saturated heterocycles. The average Bonchev–Trinajstić information content (AvgIpc) is 1.61. The van der Waals surface area contributed by atoms with Crippen LogP contribution in [0, 0.1) is 0 Å². The molecular formula is C6H14N2. The molecule has 0 spiro atoms. The molecule has 1 aliphatic heterocycles. The van der Waals surface area contributed by atoms with Crippen molar-refractivity contribution in [2.24, 2.45) is 0 Å². The van der Waals surface area contributed by atoms with Crippen molar-refractivity contribution in [1.29, 1.82) is 0 Å². The van der Waals surface area contributed by atoms with Crippen molar-refractivity contribution in [1.82, 2.24) is 10.2 Å². The number of rotatable bonds is 1. The fourth-order valence-electron chi connectivity index (χ4n) is 1.09. The second kappa shape index (κ2) is 2.03. The molecule has 48 valence electrons. The third kappa shape index (κ3) is 0.858. The standard InChI is InChI=1S/C6H14N2/c1-5-6(4-7-5)8(2)3/h5-7H,4H2,1-3H3/t5-,6?/m0/s1. The van der Waals surface area contributed by atoms with E-state index in [1.165, 1.54) is 0 Å². The molecule has 1 rings (SSSR count). The summed E-state index contributed by atoms with van der Waals surface area (Å²) in [5, 5.41) is 3.30. The van der Waals surface area contributed by atoms with Gasteiger partial charge >= 0.3 is 0 Å². The van der Waals surface area contributed by atoms with E-state index in [0.29, 0.717) is 6.04 Å². The van der Waals surface area contributed by atoms with Crippen molar-refractivity contribution in [3.63, 3.8) is 0 Å². The number of likely N-dealkylation sites (N-methyl/N-ethyl adjacent to an activating group) is 1. The lowest BCUT2D eigenvalue weighted by Gasteiger charge is -2.40. The van der Waals surface area contributed by atoms with E-state index in [4.69, 9.17) is 0 Å². The lowest BCUT2D eigenvalue weighted by Crippen LogP contribution is -2.61. The van der Waals surface area contributed by atoms with Crippen molar-refractivity contribution in [3.05, 3.63) is 0 Å². The lowest BCUT2D eigenvalue weighted by atomic mass is 10.0. The molecule has 0 aromatic carbocycles. The van der Waals surface area contributed by atoms with Gasteiger partial charge in [-0.15, -0.1) is 0 Å². The Hall–Kier alpha value is -0.0800. The molecule has 1 unspecified atom stereocenters. The van der Waals surface area contributed by atoms with Gasteiger partial charge in [0.1, 0.15) is 0 Å². The Balaban J connectivity index is 2.26. The topological polar surface area (TPSA) is 15.3 Å². The number of hydrogen-bond donors (Lipinski definition) is 1. The predicted molar refractivity (Wildman–Crippen MR) is 34.9 cm³/mol. The Kier molecular flexibility index (Phi) is 1.54. The molecular weight excluding hydrogens is 100 g/mol. The van der Waals surface area contributed by atoms with E-state index in [0.717, 1.165) is 12.6 Å². The van der Waals surface area contributed by atoms with Gasteiger partial charge in [0.2, 0.25) is 0 Å². The van der Waals surface area contributed by atoms with Crippen LogP contribution in [-0.2, 0) is 0 Å². The SMILES string of the molecule is C[C@@H]1NCC1N(C)C. The van der Waals surface area contributed by atoms with Gasteiger partial charge < -0.3 is 10.2 Å². The number of nitrogens with one attached hydrogen (secondary N) is 1. The summed E-state index contributed by atoms with van der Waals surface area (Å²) in [6.45, 7) is 3.38. The molecule has 0 aromatic heterocycles. The molecule has 0 aliphatic carbocycles. The third-order valence-electron chi connectivity index (χ3n) is 1.89. The molecule has 8 heavy (non-hydrogen) atoms. The highest BCUT2D eigenvalue weighted by Crippen LogP contribution is 2.07. The zero-order valence-corrected chi connectivity index (χ0v) is 5.81. The minimum atomic E-state index is 0.699. The van der Waals surface area contributed by atoms with Crippen LogP contribution in [0.1, 0.15) is 6.92 Å². The molecule has 0 bridgehead atoms. The van der Waals surface area contributed by atoms with Gasteiger partial charge in [-0.05, 0) is 21.0 Å². The van der Waals surface area contributed by atoms with Crippen molar-refractivity contribution in [2.45, 2.75) is 19.0 Å². The summed E-state index contributed by atoms with van der Waals surface area (Å²) in [6.07, 6.45) is 0. The average molecular weight is 114 g/mol. The monoisotopic (exact) mass is 114 g/mol. The van der Waals surface area contributed by atoms with Crippen molar-refractivity contribution < 1.29 is 0 Å². The van der Waals surface area contributed by atoms with Crippen LogP contribution in [0.5, 0.6) is 0 Å². The predicted octanol–water partition coefficient (Wildman–Crippen LogP) is -0.0917. The van der Waals surface area contributed by atoms with Crippen LogP contribution in [0.4, 0.5) is 0 Å². The van der Waals surface area contributed by atoms with Gasteiger partial charge in [-0.25, -0.2) is 0 Å². The van der Waals surface area contributed by atoms with E-state index in [1.807, 2.05) is 0 Å². The first kappa shape index (κ1) is 6.05. The van der Waals surface area contributed by atoms with Gasteiger partial charge in [-0.2, -0.15) is 0 Å². The molecule has 1 fully saturated rings. The van der Waals surface area contributed by atoms with E-state index in [-0.39, 0.29) is 0 Å². The van der Waals surface area contributed by atoms with Gasteiger partial charge in [0.15, 0.2) is 0 Å². The summed E-state index contributed by atoms with van der Waals surface area (Å²) in [5.74, 6) is 0. The molecule has 2 nitrogen and oxygen atoms in total. The Morgan fingerprint density at radius 1 is 1.50 bits per heavy atom. The Labute approximate surface area is 50.9 Å². The first-order valence-corrected chi connectivity index (χ1v) is 3.11. The van der Waals surface area contributed by atoms with Crippen LogP contribution < -0.4 is 5.32 Å². The summed E-state index contributed by atoms with van der Waals surface area (Å²) in [4.78, 5) is 2.27. The number of nitrogens with zero attached hydrogens (tertiary/aromatic N) is 1. The van der Waals surface area contributed by atoms with Crippen molar-refractivity contribution in [3.8, 4) is 0 Å². The molecule has 0 amide bonds. The molecule has 1 N–H and O–H groups in total. The highest BCUT2D eigenvalue weighted by Gasteiger charge is 2.26. The maximum atomic E-state index is 3.30. The maximum absolute atomic E-state index is 3.30. The number of hydrogen-bond acceptors (Lipinski definition) is 2. The smallest absolute Gasteiger partial charge is 0.0365 e. The second-order valence-electron chi connectivity index (χ2n) is 2.73. The lowest BCUT2D eigenvalue weighted by molar-refractivity contribution is 0.159. The van der Waals surface area contributed by atoms with E-state index in [9.17, 15) is 0 Å². The highest BCUT2D eigenvalue weighted by molar-refractivity contribution is 4.89. The van der Waals surface area contributed by atoms with Gasteiger partial charge in [0.25, 0.3) is 0 Å². The normalized spacial score (nSPS) is 37.5. The van der Waals surface area contributed by atoms with Gasteiger partial charge in [0, 0.05) is 18.6 Å². The molecule has 0 saturated carbocycles. The van der Waals surface area contributed by atoms with Crippen molar-refractivity contribution >= 4 is 0 Å². The quantitative estimate of drug-likeness (QED) is 0.512. The van der Waals surface area contributed by atoms with Crippen LogP contribution in [0.15, 0.2) is 0 Å². The Morgan fingerprint density at radius 3 is 2.12 bits per heavy atom. The third-order valence-corrected chi connectivity index (χ3v) is 1.89. The Morgan fingerprint density at radius 2 is 2.12 bits per heavy atom. The van der Waals surface area contributed by atoms with Gasteiger partial charge in [0.05, 0.1) is 0 Å². The summed E-state index contributed by atoms with van der Waals surface area (Å²) in [5.41, 5.74) is 0. The van der Waals surface area contributed by atoms with E-state index in [1.54, 1.807) is 0 Å². The summed E-state index contributed by atoms with van der Waals surface area (Å²) < 4.78 is 0. The highest BCUT2D eigenvalue weighted by atomic mass is 15.2. The van der Waals surface area contributed by atoms with Gasteiger partial charge in [-0.3, -0.25) is 0 Å². The van der Waals surface area contributed by atoms with Crippen molar-refractivity contribution in [2.75, 3.05) is 20.6 Å². The zero-order chi connectivity index (χ0) is 6.15. The van der Waals surface area contributed by atoms with Crippen LogP contribution in [-0.4, -0.2) is 37.6 Å². The van der Waals surface area contributed by atoms with Crippen LogP contribution in [0.2, 0.25) is 0 Å². The van der Waals surface area contributed by atoms with E-state index >= 15 is 0 Å². The molecule has 0 aromatic rings. The maximum Gasteiger partial charge on any atom is 0.0365 e. The molecule has 1 heterocycles. The minimum absolute atomic E-state index is 0.699. The second-order valence-corrected chi connectivity index (χ2v) is 2.73. The zero-order valence-electron chi connectivity index (χ0n) is 5.81. The summed E-state index contributed by atoms with van der Waals surface area (Å²) in [7, 11) is 4.25. The fraction of sp³-hybridized carbons (Fsp3) is 1.00. The summed E-state index contributed by atoms with van der Waals surface area (Å²) >= 11 is 0. The Bertz CT molecular complexity index is 75.8. The summed E-state index contributed by atoms with van der Waals surface area (Å²) in [6, 6.07) is 1.47. The molecule has 2 atom stereocenters. The largest absolute Gasteiger partial charge is 0.311 e. The fourth-order valence-corrected chi connectivity index (χ4v) is 1.09. The molecule has 2 heteroatoms. The first-order valence-electron chi connectivity index (χ1n) is 3.11. The molecule has 0 radical (unpaired) electrons. The van der Waals surface area contributed by atoms with E-state index in [2.05, 4.69) is 31.2 Å². The molecule has 1 aliphatic rings. The first-order chi connectivity index (χ1) is 3.72. The van der Waals surface area contributed by atoms with Crippen LogP contribution in [0.25, 0.3) is 0 Å². The van der Waals surface area contributed by atoms with Crippen LogP contribution in [0.3, 0.4) is 0 Å². The van der Waals surface area contributed by atoms with Crippen LogP contribution >= 0.6 is 0 Å². The van der Waals surface area contributed by atoms with Gasteiger partial charge in [-0.1, -0.05) is 0 Å². The minimum Gasteiger partial charge on any atom is -0.311 e.